The summed E-state index contributed by atoms with van der Waals surface area (Å²) >= 11 is 0. The lowest BCUT2D eigenvalue weighted by atomic mass is 9.99. The summed E-state index contributed by atoms with van der Waals surface area (Å²) in [5.41, 5.74) is 2.44. The van der Waals surface area contributed by atoms with E-state index in [1.807, 2.05) is 12.1 Å². The van der Waals surface area contributed by atoms with E-state index in [1.54, 1.807) is 24.6 Å². The van der Waals surface area contributed by atoms with E-state index < -0.39 is 0 Å². The molecule has 150 valence electrons. The Morgan fingerprint density at radius 1 is 1.14 bits per heavy atom. The highest BCUT2D eigenvalue weighted by atomic mass is 16.3. The minimum absolute atomic E-state index is 0.261. The lowest BCUT2D eigenvalue weighted by molar-refractivity contribution is 0.0942. The molecule has 1 aromatic carbocycles. The van der Waals surface area contributed by atoms with Crippen molar-refractivity contribution in [2.24, 2.45) is 5.92 Å². The van der Waals surface area contributed by atoms with Gasteiger partial charge in [-0.3, -0.25) is 4.79 Å². The van der Waals surface area contributed by atoms with Gasteiger partial charge in [0.15, 0.2) is 0 Å². The smallest absolute Gasteiger partial charge is 0.271 e. The maximum atomic E-state index is 12.1. The minimum Gasteiger partial charge on any atom is -0.467 e. The van der Waals surface area contributed by atoms with E-state index in [1.165, 1.54) is 24.7 Å². The molecule has 0 saturated carbocycles. The summed E-state index contributed by atoms with van der Waals surface area (Å²) in [5, 5.41) is 5.97. The van der Waals surface area contributed by atoms with Gasteiger partial charge in [-0.2, -0.15) is 0 Å². The second-order valence-electron chi connectivity index (χ2n) is 7.39. The number of nitrogens with one attached hydrogen (secondary N) is 2. The standard InChI is InChI=1S/C22H25N5O2/c1-16-8-10-27(11-9-16)18-6-4-17(5-7-18)26-21-15-23-20(14-24-21)22(28)25-13-19-3-2-12-29-19/h2-7,12,14-16H,8-11,13H2,1H3,(H,24,26)(H,25,28). The maximum absolute atomic E-state index is 12.1. The highest BCUT2D eigenvalue weighted by Gasteiger charge is 2.16. The Morgan fingerprint density at radius 2 is 1.93 bits per heavy atom. The second kappa shape index (κ2) is 8.77. The molecule has 29 heavy (non-hydrogen) atoms. The molecule has 3 heterocycles. The Bertz CT molecular complexity index is 915. The van der Waals surface area contributed by atoms with Gasteiger partial charge in [0.2, 0.25) is 0 Å². The summed E-state index contributed by atoms with van der Waals surface area (Å²) < 4.78 is 5.19. The topological polar surface area (TPSA) is 83.3 Å². The highest BCUT2D eigenvalue weighted by molar-refractivity contribution is 5.91. The van der Waals surface area contributed by atoms with Gasteiger partial charge in [0, 0.05) is 24.5 Å². The van der Waals surface area contributed by atoms with Crippen LogP contribution in [-0.2, 0) is 6.54 Å². The number of carbonyl (C=O) groups is 1. The van der Waals surface area contributed by atoms with E-state index in [9.17, 15) is 4.79 Å². The fourth-order valence-electron chi connectivity index (χ4n) is 3.35. The summed E-state index contributed by atoms with van der Waals surface area (Å²) in [6.45, 7) is 4.86. The Hall–Kier alpha value is -3.35. The fourth-order valence-corrected chi connectivity index (χ4v) is 3.35. The number of nitrogens with zero attached hydrogens (tertiary/aromatic N) is 3. The highest BCUT2D eigenvalue weighted by Crippen LogP contribution is 2.25. The van der Waals surface area contributed by atoms with Gasteiger partial charge in [0.05, 0.1) is 25.2 Å². The third kappa shape index (κ3) is 4.93. The van der Waals surface area contributed by atoms with Crippen LogP contribution in [-0.4, -0.2) is 29.0 Å². The minimum atomic E-state index is -0.291. The molecule has 0 aliphatic carbocycles. The number of hydrogen-bond acceptors (Lipinski definition) is 6. The zero-order valence-corrected chi connectivity index (χ0v) is 16.5. The number of benzene rings is 1. The molecule has 1 saturated heterocycles. The van der Waals surface area contributed by atoms with Crippen LogP contribution in [0.3, 0.4) is 0 Å². The van der Waals surface area contributed by atoms with Crippen LogP contribution in [0.4, 0.5) is 17.2 Å². The van der Waals surface area contributed by atoms with Gasteiger partial charge in [-0.15, -0.1) is 0 Å². The van der Waals surface area contributed by atoms with Crippen molar-refractivity contribution < 1.29 is 9.21 Å². The predicted molar refractivity (Wildman–Crippen MR) is 112 cm³/mol. The molecule has 0 radical (unpaired) electrons. The van der Waals surface area contributed by atoms with Crippen molar-refractivity contribution >= 4 is 23.1 Å². The van der Waals surface area contributed by atoms with Crippen molar-refractivity contribution in [3.05, 3.63) is 66.5 Å². The van der Waals surface area contributed by atoms with Gasteiger partial charge in [-0.25, -0.2) is 9.97 Å². The van der Waals surface area contributed by atoms with Gasteiger partial charge in [0.25, 0.3) is 5.91 Å². The van der Waals surface area contributed by atoms with Gasteiger partial charge in [-0.05, 0) is 55.2 Å². The summed E-state index contributed by atoms with van der Waals surface area (Å²) in [6, 6.07) is 11.9. The number of piperidine rings is 1. The number of aromatic nitrogens is 2. The molecule has 2 N–H and O–H groups in total. The lowest BCUT2D eigenvalue weighted by Gasteiger charge is -2.32. The predicted octanol–water partition coefficient (Wildman–Crippen LogP) is 3.98. The molecule has 4 rings (SSSR count). The first-order valence-corrected chi connectivity index (χ1v) is 9.92. The third-order valence-corrected chi connectivity index (χ3v) is 5.18. The molecule has 1 aliphatic heterocycles. The average molecular weight is 391 g/mol. The summed E-state index contributed by atoms with van der Waals surface area (Å²) in [7, 11) is 0. The van der Waals surface area contributed by atoms with Crippen LogP contribution in [0.1, 0.15) is 36.0 Å². The van der Waals surface area contributed by atoms with Crippen molar-refractivity contribution in [2.75, 3.05) is 23.3 Å². The quantitative estimate of drug-likeness (QED) is 0.661. The monoisotopic (exact) mass is 391 g/mol. The molecule has 1 aliphatic rings. The van der Waals surface area contributed by atoms with Crippen LogP contribution in [0.15, 0.2) is 59.5 Å². The van der Waals surface area contributed by atoms with E-state index in [0.29, 0.717) is 18.1 Å². The molecule has 1 amide bonds. The molecule has 0 spiro atoms. The average Bonchev–Trinajstić information content (AvgIpc) is 3.27. The number of rotatable bonds is 6. The van der Waals surface area contributed by atoms with Crippen LogP contribution < -0.4 is 15.5 Å². The fraction of sp³-hybridized carbons (Fsp3) is 0.318. The zero-order valence-electron chi connectivity index (χ0n) is 16.5. The van der Waals surface area contributed by atoms with Gasteiger partial charge < -0.3 is 20.0 Å². The second-order valence-corrected chi connectivity index (χ2v) is 7.39. The molecule has 0 unspecified atom stereocenters. The molecule has 0 bridgehead atoms. The Labute approximate surface area is 170 Å². The van der Waals surface area contributed by atoms with E-state index in [0.717, 1.165) is 24.7 Å². The Kier molecular flexibility index (Phi) is 5.74. The largest absolute Gasteiger partial charge is 0.467 e. The molecule has 0 atom stereocenters. The van der Waals surface area contributed by atoms with Crippen LogP contribution in [0, 0.1) is 5.92 Å². The van der Waals surface area contributed by atoms with E-state index in [-0.39, 0.29) is 11.6 Å². The zero-order chi connectivity index (χ0) is 20.1. The van der Waals surface area contributed by atoms with Gasteiger partial charge in [0.1, 0.15) is 17.3 Å². The Morgan fingerprint density at radius 3 is 2.59 bits per heavy atom. The molecule has 2 aromatic heterocycles. The SMILES string of the molecule is CC1CCN(c2ccc(Nc3cnc(C(=O)NCc4ccco4)cn3)cc2)CC1. The van der Waals surface area contributed by atoms with Crippen molar-refractivity contribution in [1.29, 1.82) is 0 Å². The first-order valence-electron chi connectivity index (χ1n) is 9.92. The van der Waals surface area contributed by atoms with Crippen molar-refractivity contribution in [3.8, 4) is 0 Å². The molecule has 3 aromatic rings. The number of carbonyl (C=O) groups excluding carboxylic acids is 1. The van der Waals surface area contributed by atoms with E-state index >= 15 is 0 Å². The number of amides is 1. The first-order chi connectivity index (χ1) is 14.2. The molecule has 1 fully saturated rings. The number of anilines is 3. The summed E-state index contributed by atoms with van der Waals surface area (Å²) in [6.07, 6.45) is 7.08. The lowest BCUT2D eigenvalue weighted by Crippen LogP contribution is -2.32. The van der Waals surface area contributed by atoms with Crippen molar-refractivity contribution in [2.45, 2.75) is 26.3 Å². The molecular weight excluding hydrogens is 366 g/mol. The van der Waals surface area contributed by atoms with E-state index in [4.69, 9.17) is 4.42 Å². The van der Waals surface area contributed by atoms with Crippen LogP contribution in [0.25, 0.3) is 0 Å². The Balaban J connectivity index is 1.32. The summed E-state index contributed by atoms with van der Waals surface area (Å²) in [5.74, 6) is 1.81. The van der Waals surface area contributed by atoms with Gasteiger partial charge >= 0.3 is 0 Å². The van der Waals surface area contributed by atoms with Crippen LogP contribution in [0.2, 0.25) is 0 Å². The maximum Gasteiger partial charge on any atom is 0.271 e. The molecule has 7 heteroatoms. The summed E-state index contributed by atoms with van der Waals surface area (Å²) in [4.78, 5) is 23.1. The van der Waals surface area contributed by atoms with Crippen LogP contribution in [0.5, 0.6) is 0 Å². The number of hydrogen-bond donors (Lipinski definition) is 2. The molecule has 7 nitrogen and oxygen atoms in total. The molecular formula is C22H25N5O2. The third-order valence-electron chi connectivity index (χ3n) is 5.18. The van der Waals surface area contributed by atoms with Crippen LogP contribution >= 0.6 is 0 Å². The van der Waals surface area contributed by atoms with Gasteiger partial charge in [-0.1, -0.05) is 6.92 Å². The normalized spacial score (nSPS) is 14.6. The van der Waals surface area contributed by atoms with Crippen molar-refractivity contribution in [1.82, 2.24) is 15.3 Å². The number of furan rings is 1. The van der Waals surface area contributed by atoms with E-state index in [2.05, 4.69) is 44.6 Å². The first kappa shape index (κ1) is 19.0. The van der Waals surface area contributed by atoms with Crippen molar-refractivity contribution in [3.63, 3.8) is 0 Å².